The van der Waals surface area contributed by atoms with Gasteiger partial charge in [0.15, 0.2) is 0 Å². The SMILES string of the molecule is O=C1CC(c2cccc(O)c2)c2ncn(-c3cccc(C(F)(F)F)c3)c2N1. The number of hydrogen-bond acceptors (Lipinski definition) is 3. The first-order valence-electron chi connectivity index (χ1n) is 8.16. The molecular weight excluding hydrogens is 359 g/mol. The molecule has 1 aliphatic heterocycles. The number of imidazole rings is 1. The fourth-order valence-corrected chi connectivity index (χ4v) is 3.25. The van der Waals surface area contributed by atoms with Gasteiger partial charge in [0.2, 0.25) is 5.91 Å². The van der Waals surface area contributed by atoms with Crippen LogP contribution in [0.5, 0.6) is 5.75 Å². The molecule has 2 aromatic carbocycles. The minimum Gasteiger partial charge on any atom is -0.508 e. The van der Waals surface area contributed by atoms with E-state index in [2.05, 4.69) is 10.3 Å². The lowest BCUT2D eigenvalue weighted by Gasteiger charge is -2.23. The van der Waals surface area contributed by atoms with Gasteiger partial charge in [-0.25, -0.2) is 4.98 Å². The smallest absolute Gasteiger partial charge is 0.416 e. The number of halogens is 3. The van der Waals surface area contributed by atoms with Gasteiger partial charge in [0, 0.05) is 18.0 Å². The van der Waals surface area contributed by atoms with Gasteiger partial charge in [-0.05, 0) is 35.9 Å². The van der Waals surface area contributed by atoms with Crippen LogP contribution >= 0.6 is 0 Å². The number of nitrogens with one attached hydrogen (secondary N) is 1. The Morgan fingerprint density at radius 3 is 2.67 bits per heavy atom. The molecule has 4 rings (SSSR count). The van der Waals surface area contributed by atoms with E-state index in [1.165, 1.54) is 29.1 Å². The van der Waals surface area contributed by atoms with Crippen LogP contribution in [0.3, 0.4) is 0 Å². The van der Waals surface area contributed by atoms with Crippen molar-refractivity contribution in [3.8, 4) is 11.4 Å². The molecule has 1 amide bonds. The molecule has 0 aliphatic carbocycles. The lowest BCUT2D eigenvalue weighted by Crippen LogP contribution is -2.25. The quantitative estimate of drug-likeness (QED) is 0.712. The third kappa shape index (κ3) is 3.14. The topological polar surface area (TPSA) is 67.1 Å². The molecule has 5 nitrogen and oxygen atoms in total. The van der Waals surface area contributed by atoms with Crippen molar-refractivity contribution in [2.75, 3.05) is 5.32 Å². The predicted molar refractivity (Wildman–Crippen MR) is 91.8 cm³/mol. The molecular formula is C19H14F3N3O2. The summed E-state index contributed by atoms with van der Waals surface area (Å²) in [5, 5.41) is 12.4. The Hall–Kier alpha value is -3.29. The number of nitrogens with zero attached hydrogens (tertiary/aromatic N) is 2. The molecule has 1 atom stereocenters. The fourth-order valence-electron chi connectivity index (χ4n) is 3.25. The van der Waals surface area contributed by atoms with Crippen molar-refractivity contribution in [1.82, 2.24) is 9.55 Å². The molecule has 2 N–H and O–H groups in total. The van der Waals surface area contributed by atoms with E-state index in [9.17, 15) is 23.1 Å². The highest BCUT2D eigenvalue weighted by molar-refractivity contribution is 5.94. The number of alkyl halides is 3. The van der Waals surface area contributed by atoms with Gasteiger partial charge in [-0.1, -0.05) is 18.2 Å². The van der Waals surface area contributed by atoms with Crippen molar-refractivity contribution >= 4 is 11.7 Å². The molecule has 0 spiro atoms. The Balaban J connectivity index is 1.81. The first kappa shape index (κ1) is 17.1. The van der Waals surface area contributed by atoms with Crippen molar-refractivity contribution in [1.29, 1.82) is 0 Å². The van der Waals surface area contributed by atoms with Crippen LogP contribution in [0, 0.1) is 0 Å². The average Bonchev–Trinajstić information content (AvgIpc) is 3.04. The van der Waals surface area contributed by atoms with Crippen molar-refractivity contribution < 1.29 is 23.1 Å². The number of anilines is 1. The second-order valence-electron chi connectivity index (χ2n) is 6.30. The zero-order valence-electron chi connectivity index (χ0n) is 13.9. The number of hydrogen-bond donors (Lipinski definition) is 2. The van der Waals surface area contributed by atoms with Crippen LogP contribution < -0.4 is 5.32 Å². The van der Waals surface area contributed by atoms with Crippen molar-refractivity contribution in [3.05, 3.63) is 71.7 Å². The van der Waals surface area contributed by atoms with Crippen LogP contribution in [0.4, 0.5) is 19.0 Å². The van der Waals surface area contributed by atoms with Crippen LogP contribution in [-0.2, 0) is 11.0 Å². The number of aromatic nitrogens is 2. The molecule has 1 aliphatic rings. The molecule has 0 saturated carbocycles. The molecule has 0 radical (unpaired) electrons. The first-order chi connectivity index (χ1) is 12.8. The van der Waals surface area contributed by atoms with Crippen LogP contribution in [0.2, 0.25) is 0 Å². The van der Waals surface area contributed by atoms with Crippen LogP contribution in [0.25, 0.3) is 5.69 Å². The standard InChI is InChI=1S/C19H14F3N3O2/c20-19(21,22)12-4-2-5-13(8-12)25-10-23-17-15(9-16(27)24-18(17)25)11-3-1-6-14(26)7-11/h1-8,10,15,26H,9H2,(H,24,27). The van der Waals surface area contributed by atoms with E-state index in [1.807, 2.05) is 0 Å². The van der Waals surface area contributed by atoms with E-state index in [0.29, 0.717) is 17.1 Å². The Morgan fingerprint density at radius 1 is 1.15 bits per heavy atom. The Morgan fingerprint density at radius 2 is 1.93 bits per heavy atom. The largest absolute Gasteiger partial charge is 0.508 e. The molecule has 0 bridgehead atoms. The lowest BCUT2D eigenvalue weighted by molar-refractivity contribution is -0.137. The Labute approximate surface area is 152 Å². The third-order valence-corrected chi connectivity index (χ3v) is 4.50. The van der Waals surface area contributed by atoms with E-state index in [0.717, 1.165) is 12.1 Å². The Bertz CT molecular complexity index is 1030. The number of carbonyl (C=O) groups is 1. The molecule has 3 aromatic rings. The fraction of sp³-hybridized carbons (Fsp3) is 0.158. The second-order valence-corrected chi connectivity index (χ2v) is 6.30. The number of benzene rings is 2. The third-order valence-electron chi connectivity index (χ3n) is 4.50. The molecule has 0 saturated heterocycles. The lowest BCUT2D eigenvalue weighted by atomic mass is 9.90. The van der Waals surface area contributed by atoms with E-state index in [-0.39, 0.29) is 23.8 Å². The van der Waals surface area contributed by atoms with Gasteiger partial charge in [-0.2, -0.15) is 13.2 Å². The molecule has 1 unspecified atom stereocenters. The zero-order valence-corrected chi connectivity index (χ0v) is 13.9. The molecule has 8 heteroatoms. The summed E-state index contributed by atoms with van der Waals surface area (Å²) >= 11 is 0. The van der Waals surface area contributed by atoms with Crippen molar-refractivity contribution in [2.24, 2.45) is 0 Å². The number of phenols is 1. The maximum atomic E-state index is 13.0. The minimum atomic E-state index is -4.47. The molecule has 27 heavy (non-hydrogen) atoms. The molecule has 2 heterocycles. The van der Waals surface area contributed by atoms with Crippen LogP contribution in [-0.4, -0.2) is 20.6 Å². The number of rotatable bonds is 2. The van der Waals surface area contributed by atoms with Crippen molar-refractivity contribution in [3.63, 3.8) is 0 Å². The van der Waals surface area contributed by atoms with Gasteiger partial charge in [-0.15, -0.1) is 0 Å². The number of amides is 1. The highest BCUT2D eigenvalue weighted by atomic mass is 19.4. The maximum Gasteiger partial charge on any atom is 0.416 e. The summed E-state index contributed by atoms with van der Waals surface area (Å²) in [6.07, 6.45) is -2.94. The van der Waals surface area contributed by atoms with Gasteiger partial charge in [0.25, 0.3) is 0 Å². The number of fused-ring (bicyclic) bond motifs is 1. The second kappa shape index (κ2) is 6.15. The summed E-state index contributed by atoms with van der Waals surface area (Å²) in [4.78, 5) is 16.5. The summed E-state index contributed by atoms with van der Waals surface area (Å²) in [5.41, 5.74) is 0.711. The first-order valence-corrected chi connectivity index (χ1v) is 8.16. The van der Waals surface area contributed by atoms with Gasteiger partial charge in [0.1, 0.15) is 17.9 Å². The summed E-state index contributed by atoms with van der Waals surface area (Å²) in [6.45, 7) is 0. The van der Waals surface area contributed by atoms with Crippen molar-refractivity contribution in [2.45, 2.75) is 18.5 Å². The summed E-state index contributed by atoms with van der Waals surface area (Å²) < 4.78 is 40.5. The minimum absolute atomic E-state index is 0.0670. The summed E-state index contributed by atoms with van der Waals surface area (Å²) in [7, 11) is 0. The molecule has 1 aromatic heterocycles. The van der Waals surface area contributed by atoms with Gasteiger partial charge in [-0.3, -0.25) is 9.36 Å². The predicted octanol–water partition coefficient (Wildman–Crippen LogP) is 4.07. The van der Waals surface area contributed by atoms with E-state index < -0.39 is 17.7 Å². The van der Waals surface area contributed by atoms with E-state index in [1.54, 1.807) is 18.2 Å². The molecule has 0 fully saturated rings. The summed E-state index contributed by atoms with van der Waals surface area (Å²) in [5.74, 6) is -0.270. The monoisotopic (exact) mass is 373 g/mol. The van der Waals surface area contributed by atoms with E-state index in [4.69, 9.17) is 0 Å². The highest BCUT2D eigenvalue weighted by Crippen LogP contribution is 2.38. The summed E-state index contributed by atoms with van der Waals surface area (Å²) in [6, 6.07) is 11.3. The van der Waals surface area contributed by atoms with Gasteiger partial charge in [0.05, 0.1) is 11.3 Å². The van der Waals surface area contributed by atoms with Gasteiger partial charge < -0.3 is 10.4 Å². The van der Waals surface area contributed by atoms with Crippen LogP contribution in [0.15, 0.2) is 54.9 Å². The van der Waals surface area contributed by atoms with Gasteiger partial charge >= 0.3 is 6.18 Å². The van der Waals surface area contributed by atoms with Crippen LogP contribution in [0.1, 0.15) is 29.2 Å². The molecule has 138 valence electrons. The number of carbonyl (C=O) groups excluding carboxylic acids is 1. The normalized spacial score (nSPS) is 16.7. The Kier molecular flexibility index (Phi) is 3.91. The number of phenolic OH excluding ortho intramolecular Hbond substituents is 1. The maximum absolute atomic E-state index is 13.0. The highest BCUT2D eigenvalue weighted by Gasteiger charge is 2.33. The van der Waals surface area contributed by atoms with E-state index >= 15 is 0 Å². The zero-order chi connectivity index (χ0) is 19.2. The number of aromatic hydroxyl groups is 1. The average molecular weight is 373 g/mol.